The largest absolute Gasteiger partial charge is 0.380 e. The lowest BCUT2D eigenvalue weighted by Gasteiger charge is -2.30. The van der Waals surface area contributed by atoms with Crippen LogP contribution in [0, 0.1) is 0 Å². The van der Waals surface area contributed by atoms with Crippen LogP contribution in [0.1, 0.15) is 26.2 Å². The van der Waals surface area contributed by atoms with E-state index in [4.69, 9.17) is 0 Å². The number of nitrogens with one attached hydrogen (secondary N) is 2. The molecule has 5 nitrogen and oxygen atoms in total. The molecule has 1 saturated heterocycles. The highest BCUT2D eigenvalue weighted by molar-refractivity contribution is 7.89. The van der Waals surface area contributed by atoms with Gasteiger partial charge in [-0.15, -0.1) is 0 Å². The summed E-state index contributed by atoms with van der Waals surface area (Å²) in [5, 5.41) is 3.34. The highest BCUT2D eigenvalue weighted by Gasteiger charge is 2.18. The Morgan fingerprint density at radius 2 is 1.86 bits per heavy atom. The summed E-state index contributed by atoms with van der Waals surface area (Å²) in [4.78, 5) is 2.74. The zero-order chi connectivity index (χ0) is 15.3. The molecule has 0 amide bonds. The smallest absolute Gasteiger partial charge is 0.242 e. The Balaban J connectivity index is 2.05. The van der Waals surface area contributed by atoms with Gasteiger partial charge < -0.3 is 10.2 Å². The zero-order valence-electron chi connectivity index (χ0n) is 12.8. The van der Waals surface area contributed by atoms with Gasteiger partial charge in [0, 0.05) is 12.6 Å². The summed E-state index contributed by atoms with van der Waals surface area (Å²) in [6.45, 7) is 5.32. The number of sulfonamides is 1. The van der Waals surface area contributed by atoms with Gasteiger partial charge in [0.1, 0.15) is 4.90 Å². The molecule has 2 rings (SSSR count). The van der Waals surface area contributed by atoms with E-state index in [1.165, 1.54) is 26.3 Å². The molecule has 1 atom stereocenters. The van der Waals surface area contributed by atoms with Crippen molar-refractivity contribution in [3.8, 4) is 0 Å². The first-order valence-corrected chi connectivity index (χ1v) is 9.03. The minimum absolute atomic E-state index is 0.205. The Hall–Kier alpha value is -1.11. The lowest BCUT2D eigenvalue weighted by molar-refractivity contribution is 0.223. The van der Waals surface area contributed by atoms with E-state index in [0.717, 1.165) is 19.6 Å². The van der Waals surface area contributed by atoms with Crippen molar-refractivity contribution in [3.05, 3.63) is 24.3 Å². The third-order valence-corrected chi connectivity index (χ3v) is 5.30. The van der Waals surface area contributed by atoms with Gasteiger partial charge in [-0.3, -0.25) is 0 Å². The second-order valence-corrected chi connectivity index (χ2v) is 7.47. The summed E-state index contributed by atoms with van der Waals surface area (Å²) in [5.74, 6) is 0. The van der Waals surface area contributed by atoms with Crippen LogP contribution in [-0.2, 0) is 10.0 Å². The molecular formula is C15H25N3O2S. The average Bonchev–Trinajstić information content (AvgIpc) is 2.48. The Bertz CT molecular complexity index is 554. The maximum atomic E-state index is 12.0. The molecular weight excluding hydrogens is 286 g/mol. The summed E-state index contributed by atoms with van der Waals surface area (Å²) in [6.07, 6.45) is 3.84. The van der Waals surface area contributed by atoms with Gasteiger partial charge in [0.15, 0.2) is 0 Å². The predicted molar refractivity (Wildman–Crippen MR) is 86.1 cm³/mol. The van der Waals surface area contributed by atoms with Crippen molar-refractivity contribution < 1.29 is 8.42 Å². The Morgan fingerprint density at radius 1 is 1.19 bits per heavy atom. The minimum Gasteiger partial charge on any atom is -0.380 e. The van der Waals surface area contributed by atoms with Gasteiger partial charge in [0.2, 0.25) is 10.0 Å². The lowest BCUT2D eigenvalue weighted by atomic mass is 10.1. The Labute approximate surface area is 127 Å². The molecule has 1 unspecified atom stereocenters. The average molecular weight is 311 g/mol. The van der Waals surface area contributed by atoms with E-state index in [-0.39, 0.29) is 6.04 Å². The summed E-state index contributed by atoms with van der Waals surface area (Å²) < 4.78 is 26.4. The normalized spacial score (nSPS) is 18.4. The number of likely N-dealkylation sites (tertiary alicyclic amines) is 1. The van der Waals surface area contributed by atoms with Crippen molar-refractivity contribution in [2.24, 2.45) is 0 Å². The van der Waals surface area contributed by atoms with Crippen molar-refractivity contribution in [1.82, 2.24) is 9.62 Å². The van der Waals surface area contributed by atoms with Crippen molar-refractivity contribution in [1.29, 1.82) is 0 Å². The second-order valence-electron chi connectivity index (χ2n) is 5.61. The van der Waals surface area contributed by atoms with Gasteiger partial charge >= 0.3 is 0 Å². The number of anilines is 1. The predicted octanol–water partition coefficient (Wildman–Crippen LogP) is 1.88. The van der Waals surface area contributed by atoms with Gasteiger partial charge in [0.05, 0.1) is 5.69 Å². The summed E-state index contributed by atoms with van der Waals surface area (Å²) in [5.41, 5.74) is 0.663. The number of piperidine rings is 1. The molecule has 1 heterocycles. The molecule has 0 spiro atoms. The van der Waals surface area contributed by atoms with Crippen molar-refractivity contribution in [2.75, 3.05) is 32.0 Å². The molecule has 1 aliphatic heterocycles. The first kappa shape index (κ1) is 16.3. The first-order valence-electron chi connectivity index (χ1n) is 7.54. The van der Waals surface area contributed by atoms with Crippen LogP contribution in [-0.4, -0.2) is 46.0 Å². The maximum absolute atomic E-state index is 12.0. The Morgan fingerprint density at radius 3 is 2.52 bits per heavy atom. The topological polar surface area (TPSA) is 61.4 Å². The van der Waals surface area contributed by atoms with Gasteiger partial charge in [-0.2, -0.15) is 0 Å². The summed E-state index contributed by atoms with van der Waals surface area (Å²) >= 11 is 0. The van der Waals surface area contributed by atoms with E-state index >= 15 is 0 Å². The number of hydrogen-bond acceptors (Lipinski definition) is 4. The molecule has 1 aromatic carbocycles. The van der Waals surface area contributed by atoms with Gasteiger partial charge in [0.25, 0.3) is 0 Å². The lowest BCUT2D eigenvalue weighted by Crippen LogP contribution is -2.38. The molecule has 1 fully saturated rings. The highest BCUT2D eigenvalue weighted by Crippen LogP contribution is 2.21. The minimum atomic E-state index is -3.43. The van der Waals surface area contributed by atoms with Crippen LogP contribution >= 0.6 is 0 Å². The highest BCUT2D eigenvalue weighted by atomic mass is 32.2. The van der Waals surface area contributed by atoms with Crippen molar-refractivity contribution in [2.45, 2.75) is 37.1 Å². The quantitative estimate of drug-likeness (QED) is 0.842. The van der Waals surface area contributed by atoms with Crippen LogP contribution in [0.3, 0.4) is 0 Å². The van der Waals surface area contributed by atoms with Crippen molar-refractivity contribution in [3.63, 3.8) is 0 Å². The second kappa shape index (κ2) is 7.24. The number of nitrogens with zero attached hydrogens (tertiary/aromatic N) is 1. The monoisotopic (exact) mass is 311 g/mol. The van der Waals surface area contributed by atoms with Gasteiger partial charge in [-0.25, -0.2) is 13.1 Å². The van der Waals surface area contributed by atoms with Gasteiger partial charge in [-0.1, -0.05) is 18.6 Å². The maximum Gasteiger partial charge on any atom is 0.242 e. The fourth-order valence-corrected chi connectivity index (χ4v) is 3.66. The molecule has 0 aliphatic carbocycles. The summed E-state index contributed by atoms with van der Waals surface area (Å²) in [6, 6.07) is 7.24. The third kappa shape index (κ3) is 4.43. The molecule has 1 aromatic rings. The molecule has 6 heteroatoms. The number of benzene rings is 1. The van der Waals surface area contributed by atoms with E-state index in [0.29, 0.717) is 10.6 Å². The van der Waals surface area contributed by atoms with E-state index in [1.807, 2.05) is 12.1 Å². The molecule has 118 valence electrons. The fourth-order valence-electron chi connectivity index (χ4n) is 2.77. The molecule has 0 radical (unpaired) electrons. The number of hydrogen-bond donors (Lipinski definition) is 2. The van der Waals surface area contributed by atoms with Crippen LogP contribution in [0.4, 0.5) is 5.69 Å². The van der Waals surface area contributed by atoms with E-state index in [9.17, 15) is 8.42 Å². The standard InChI is InChI=1S/C15H25N3O2S/c1-13(12-18-10-6-3-7-11-18)17-14-8-4-5-9-15(14)21(19,20)16-2/h4-5,8-9,13,16-17H,3,6-7,10-12H2,1-2H3. The Kier molecular flexibility index (Phi) is 5.61. The molecule has 0 bridgehead atoms. The van der Waals surface area contributed by atoms with Crippen LogP contribution in [0.5, 0.6) is 0 Å². The van der Waals surface area contributed by atoms with Crippen LogP contribution in [0.25, 0.3) is 0 Å². The van der Waals surface area contributed by atoms with E-state index in [1.54, 1.807) is 12.1 Å². The van der Waals surface area contributed by atoms with Crippen LogP contribution in [0.15, 0.2) is 29.2 Å². The number of para-hydroxylation sites is 1. The molecule has 1 aliphatic rings. The SMILES string of the molecule is CNS(=O)(=O)c1ccccc1NC(C)CN1CCCCC1. The molecule has 0 aromatic heterocycles. The molecule has 2 N–H and O–H groups in total. The third-order valence-electron chi connectivity index (χ3n) is 3.83. The van der Waals surface area contributed by atoms with Gasteiger partial charge in [-0.05, 0) is 52.0 Å². The first-order chi connectivity index (χ1) is 10.0. The zero-order valence-corrected chi connectivity index (χ0v) is 13.6. The molecule has 0 saturated carbocycles. The van der Waals surface area contributed by atoms with Crippen LogP contribution in [0.2, 0.25) is 0 Å². The fraction of sp³-hybridized carbons (Fsp3) is 0.600. The van der Waals surface area contributed by atoms with E-state index < -0.39 is 10.0 Å². The molecule has 21 heavy (non-hydrogen) atoms. The van der Waals surface area contributed by atoms with Crippen LogP contribution < -0.4 is 10.0 Å². The number of rotatable bonds is 6. The van der Waals surface area contributed by atoms with Crippen molar-refractivity contribution >= 4 is 15.7 Å². The van der Waals surface area contributed by atoms with E-state index in [2.05, 4.69) is 21.9 Å². The summed E-state index contributed by atoms with van der Waals surface area (Å²) in [7, 11) is -2.00.